The third kappa shape index (κ3) is 3.48. The zero-order valence-electron chi connectivity index (χ0n) is 15.3. The van der Waals surface area contributed by atoms with Gasteiger partial charge in [-0.1, -0.05) is 5.92 Å². The molecular weight excluding hydrogens is 367 g/mol. The maximum atomic E-state index is 13.8. The van der Waals surface area contributed by atoms with Crippen molar-refractivity contribution in [3.8, 4) is 12.3 Å². The van der Waals surface area contributed by atoms with Crippen molar-refractivity contribution in [2.75, 3.05) is 23.9 Å². The van der Waals surface area contributed by atoms with Crippen LogP contribution in [0.15, 0.2) is 6.33 Å². The molecule has 2 fully saturated rings. The molecular formula is C18H23FN6O3. The molecule has 2 heterocycles. The molecule has 0 amide bonds. The number of aromatic nitrogens is 4. The number of halogens is 1. The number of alkyl halides is 1. The van der Waals surface area contributed by atoms with Crippen LogP contribution >= 0.6 is 0 Å². The van der Waals surface area contributed by atoms with Crippen LogP contribution in [0.4, 0.5) is 16.2 Å². The van der Waals surface area contributed by atoms with E-state index in [1.54, 1.807) is 0 Å². The van der Waals surface area contributed by atoms with Gasteiger partial charge < -0.3 is 25.6 Å². The van der Waals surface area contributed by atoms with Crippen LogP contribution in [0.2, 0.25) is 0 Å². The lowest BCUT2D eigenvalue weighted by Crippen LogP contribution is -2.34. The Bertz CT molecular complexity index is 879. The Balaban J connectivity index is 1.71. The number of hydrogen-bond donors (Lipinski definition) is 3. The molecule has 0 radical (unpaired) electrons. The first-order chi connectivity index (χ1) is 13.6. The summed E-state index contributed by atoms with van der Waals surface area (Å²) in [7, 11) is 0. The number of nitrogen functional groups attached to an aromatic ring is 1. The monoisotopic (exact) mass is 390 g/mol. The maximum absolute atomic E-state index is 13.8. The molecule has 2 aromatic rings. The first-order valence-electron chi connectivity index (χ1n) is 9.32. The van der Waals surface area contributed by atoms with Gasteiger partial charge in [0.1, 0.15) is 18.9 Å². The first-order valence-corrected chi connectivity index (χ1v) is 9.32. The fraction of sp³-hybridized carbons (Fsp3) is 0.611. The number of ether oxygens (including phenoxy) is 1. The number of anilines is 2. The molecule has 0 aliphatic heterocycles. The molecule has 2 aliphatic carbocycles. The smallest absolute Gasteiger partial charge is 0.224 e. The average Bonchev–Trinajstić information content (AvgIpc) is 3.63. The fourth-order valence-electron chi connectivity index (χ4n) is 3.36. The van der Waals surface area contributed by atoms with Gasteiger partial charge in [0.05, 0.1) is 12.9 Å². The van der Waals surface area contributed by atoms with E-state index >= 15 is 0 Å². The number of nitrogens with two attached hydrogens (primary N) is 1. The highest BCUT2D eigenvalue weighted by Crippen LogP contribution is 2.42. The van der Waals surface area contributed by atoms with Crippen molar-refractivity contribution < 1.29 is 19.3 Å². The molecule has 4 N–H and O–H groups in total. The first kappa shape index (κ1) is 18.9. The second-order valence-corrected chi connectivity index (χ2v) is 7.18. The summed E-state index contributed by atoms with van der Waals surface area (Å²) in [5, 5.41) is 19.1. The molecule has 2 saturated carbocycles. The van der Waals surface area contributed by atoms with Gasteiger partial charge in [-0.25, -0.2) is 9.37 Å². The minimum atomic E-state index is -1.37. The topological polar surface area (TPSA) is 123 Å². The maximum Gasteiger partial charge on any atom is 0.224 e. The zero-order chi connectivity index (χ0) is 19.8. The van der Waals surface area contributed by atoms with Crippen molar-refractivity contribution in [2.45, 2.75) is 56.2 Å². The molecule has 28 heavy (non-hydrogen) atoms. The summed E-state index contributed by atoms with van der Waals surface area (Å²) in [4.78, 5) is 15.3. The van der Waals surface area contributed by atoms with E-state index in [2.05, 4.69) is 25.8 Å². The number of fused-ring (bicyclic) bond motifs is 1. The average molecular weight is 390 g/mol. The number of terminal acetylenes is 1. The van der Waals surface area contributed by atoms with Gasteiger partial charge in [0.25, 0.3) is 0 Å². The van der Waals surface area contributed by atoms with Crippen LogP contribution in [-0.2, 0) is 4.74 Å². The number of rotatable bonds is 9. The van der Waals surface area contributed by atoms with E-state index in [1.165, 1.54) is 10.9 Å². The standard InChI is InChI=1S/C18H23FN6O3/c1-2-12(27)13(8-26)28-14(7-19)24-9-21-15-16(24)22-18(20)23-17(15)25(10-3-4-10)11-5-6-11/h1,9-14,26-27H,3-8H2,(H2,20,22,23)/t12-,13+,14+/m0/s1. The molecule has 2 aromatic heterocycles. The Morgan fingerprint density at radius 3 is 2.57 bits per heavy atom. The third-order valence-electron chi connectivity index (χ3n) is 5.02. The van der Waals surface area contributed by atoms with Crippen LogP contribution in [0.25, 0.3) is 11.2 Å². The lowest BCUT2D eigenvalue weighted by atomic mass is 10.2. The predicted molar refractivity (Wildman–Crippen MR) is 100 cm³/mol. The molecule has 0 spiro atoms. The minimum Gasteiger partial charge on any atom is -0.394 e. The highest BCUT2D eigenvalue weighted by atomic mass is 19.1. The molecule has 4 rings (SSSR count). The van der Waals surface area contributed by atoms with Gasteiger partial charge in [-0.05, 0) is 25.7 Å². The second-order valence-electron chi connectivity index (χ2n) is 7.18. The van der Waals surface area contributed by atoms with E-state index in [1.807, 2.05) is 0 Å². The Kier molecular flexibility index (Phi) is 5.05. The number of aliphatic hydroxyl groups is 2. The van der Waals surface area contributed by atoms with E-state index in [4.69, 9.17) is 16.9 Å². The van der Waals surface area contributed by atoms with Crippen LogP contribution in [0.3, 0.4) is 0 Å². The van der Waals surface area contributed by atoms with Gasteiger partial charge in [-0.3, -0.25) is 4.57 Å². The Hall–Kier alpha value is -2.48. The normalized spacial score (nSPS) is 19.9. The highest BCUT2D eigenvalue weighted by Gasteiger charge is 2.41. The molecule has 10 heteroatoms. The molecule has 0 aromatic carbocycles. The van der Waals surface area contributed by atoms with Gasteiger partial charge in [-0.2, -0.15) is 9.97 Å². The molecule has 3 atom stereocenters. The summed E-state index contributed by atoms with van der Waals surface area (Å²) in [5.41, 5.74) is 6.80. The van der Waals surface area contributed by atoms with E-state index in [0.717, 1.165) is 25.7 Å². The fourth-order valence-corrected chi connectivity index (χ4v) is 3.36. The van der Waals surface area contributed by atoms with Crippen molar-refractivity contribution in [1.29, 1.82) is 0 Å². The largest absolute Gasteiger partial charge is 0.394 e. The summed E-state index contributed by atoms with van der Waals surface area (Å²) < 4.78 is 20.7. The van der Waals surface area contributed by atoms with E-state index in [-0.39, 0.29) is 5.95 Å². The Morgan fingerprint density at radius 2 is 2.04 bits per heavy atom. The molecule has 150 valence electrons. The molecule has 0 saturated heterocycles. The van der Waals surface area contributed by atoms with Crippen LogP contribution in [0.5, 0.6) is 0 Å². The third-order valence-corrected chi connectivity index (χ3v) is 5.02. The van der Waals surface area contributed by atoms with E-state index in [0.29, 0.717) is 29.1 Å². The quantitative estimate of drug-likeness (QED) is 0.525. The summed E-state index contributed by atoms with van der Waals surface area (Å²) in [6, 6.07) is 0.848. The van der Waals surface area contributed by atoms with Crippen LogP contribution in [0.1, 0.15) is 31.9 Å². The zero-order valence-corrected chi connectivity index (χ0v) is 15.3. The van der Waals surface area contributed by atoms with Crippen molar-refractivity contribution in [3.63, 3.8) is 0 Å². The molecule has 9 nitrogen and oxygen atoms in total. The van der Waals surface area contributed by atoms with Gasteiger partial charge >= 0.3 is 0 Å². The van der Waals surface area contributed by atoms with Crippen molar-refractivity contribution in [2.24, 2.45) is 0 Å². The SMILES string of the molecule is C#C[C@H](O)[C@@H](CO)O[C@H](CF)n1cnc2c(N(C3CC3)C3CC3)nc(N)nc21. The van der Waals surface area contributed by atoms with Gasteiger partial charge in [0.15, 0.2) is 23.2 Å². The van der Waals surface area contributed by atoms with Crippen LogP contribution in [0, 0.1) is 12.3 Å². The Labute approximate surface area is 161 Å². The van der Waals surface area contributed by atoms with Crippen molar-refractivity contribution >= 4 is 22.9 Å². The number of aliphatic hydroxyl groups excluding tert-OH is 2. The minimum absolute atomic E-state index is 0.0653. The Morgan fingerprint density at radius 1 is 1.36 bits per heavy atom. The van der Waals surface area contributed by atoms with Crippen molar-refractivity contribution in [3.05, 3.63) is 6.33 Å². The predicted octanol–water partition coefficient (Wildman–Crippen LogP) is 0.379. The molecule has 0 bridgehead atoms. The lowest BCUT2D eigenvalue weighted by molar-refractivity contribution is -0.115. The second kappa shape index (κ2) is 7.50. The molecule has 2 aliphatic rings. The van der Waals surface area contributed by atoms with E-state index in [9.17, 15) is 14.6 Å². The summed E-state index contributed by atoms with van der Waals surface area (Å²) >= 11 is 0. The summed E-state index contributed by atoms with van der Waals surface area (Å²) in [6.45, 7) is -1.50. The molecule has 0 unspecified atom stereocenters. The van der Waals surface area contributed by atoms with E-state index < -0.39 is 31.7 Å². The van der Waals surface area contributed by atoms with Crippen LogP contribution in [-0.4, -0.2) is 67.3 Å². The number of nitrogens with zero attached hydrogens (tertiary/aromatic N) is 5. The van der Waals surface area contributed by atoms with Crippen LogP contribution < -0.4 is 10.6 Å². The van der Waals surface area contributed by atoms with Gasteiger partial charge in [-0.15, -0.1) is 6.42 Å². The number of hydrogen-bond acceptors (Lipinski definition) is 8. The summed E-state index contributed by atoms with van der Waals surface area (Å²) in [5.74, 6) is 2.79. The highest BCUT2D eigenvalue weighted by molar-refractivity contribution is 5.85. The van der Waals surface area contributed by atoms with Gasteiger partial charge in [0, 0.05) is 12.1 Å². The lowest BCUT2D eigenvalue weighted by Gasteiger charge is -2.25. The van der Waals surface area contributed by atoms with Gasteiger partial charge in [0.2, 0.25) is 5.95 Å². The van der Waals surface area contributed by atoms with Crippen molar-refractivity contribution in [1.82, 2.24) is 19.5 Å². The number of imidazole rings is 1. The summed E-state index contributed by atoms with van der Waals surface area (Å²) in [6.07, 6.45) is 7.27.